The number of rotatable bonds is 7. The summed E-state index contributed by atoms with van der Waals surface area (Å²) in [5.74, 6) is 1.68. The molecule has 7 heteroatoms. The van der Waals surface area contributed by atoms with Gasteiger partial charge in [0.1, 0.15) is 5.75 Å². The number of H-pyrrole nitrogens is 1. The van der Waals surface area contributed by atoms with E-state index in [1.165, 1.54) is 0 Å². The predicted octanol–water partition coefficient (Wildman–Crippen LogP) is 4.33. The predicted molar refractivity (Wildman–Crippen MR) is 94.3 cm³/mol. The number of aryl methyl sites for hydroxylation is 1. The molecule has 2 aromatic rings. The Morgan fingerprint density at radius 3 is 2.91 bits per heavy atom. The number of benzene rings is 1. The molecule has 0 radical (unpaired) electrons. The van der Waals surface area contributed by atoms with Crippen molar-refractivity contribution in [3.63, 3.8) is 0 Å². The third kappa shape index (κ3) is 4.27. The first-order valence-electron chi connectivity index (χ1n) is 7.28. The molecular weight excluding hydrogens is 364 g/mol. The fourth-order valence-corrected chi connectivity index (χ4v) is 2.59. The summed E-state index contributed by atoms with van der Waals surface area (Å²) >= 11 is 8.72. The topological polar surface area (TPSA) is 55.2 Å². The average Bonchev–Trinajstić information content (AvgIpc) is 2.85. The van der Waals surface area contributed by atoms with Crippen LogP contribution in [0, 0.1) is 4.77 Å². The Kier molecular flexibility index (Phi) is 6.33. The third-order valence-corrected chi connectivity index (χ3v) is 3.81. The molecule has 0 saturated heterocycles. The van der Waals surface area contributed by atoms with Gasteiger partial charge in [0.15, 0.2) is 5.82 Å². The Morgan fingerprint density at radius 2 is 2.23 bits per heavy atom. The zero-order valence-corrected chi connectivity index (χ0v) is 15.1. The van der Waals surface area contributed by atoms with Crippen LogP contribution in [0.3, 0.4) is 0 Å². The van der Waals surface area contributed by atoms with Crippen LogP contribution in [0.4, 0.5) is 0 Å². The van der Waals surface area contributed by atoms with Crippen molar-refractivity contribution >= 4 is 34.4 Å². The molecule has 0 unspecified atom stereocenters. The molecule has 0 saturated carbocycles. The maximum Gasteiger partial charge on any atom is 0.216 e. The molecule has 5 nitrogen and oxygen atoms in total. The van der Waals surface area contributed by atoms with Crippen LogP contribution in [-0.4, -0.2) is 27.7 Å². The zero-order valence-electron chi connectivity index (χ0n) is 12.7. The molecule has 22 heavy (non-hydrogen) atoms. The highest BCUT2D eigenvalue weighted by Crippen LogP contribution is 2.25. The SMILES string of the molecule is CCCOc1ccc(/C=N\n2c(CCC)n[nH]c2=S)cc1Br. The van der Waals surface area contributed by atoms with Gasteiger partial charge in [0.25, 0.3) is 0 Å². The van der Waals surface area contributed by atoms with Gasteiger partial charge >= 0.3 is 0 Å². The molecule has 1 aromatic heterocycles. The molecule has 1 N–H and O–H groups in total. The molecule has 0 fully saturated rings. The molecule has 0 bridgehead atoms. The summed E-state index contributed by atoms with van der Waals surface area (Å²) < 4.78 is 8.71. The lowest BCUT2D eigenvalue weighted by Crippen LogP contribution is -1.99. The smallest absolute Gasteiger partial charge is 0.216 e. The second kappa shape index (κ2) is 8.24. The summed E-state index contributed by atoms with van der Waals surface area (Å²) in [6, 6.07) is 5.86. The van der Waals surface area contributed by atoms with Gasteiger partial charge in [-0.15, -0.1) is 0 Å². The minimum atomic E-state index is 0.502. The second-order valence-corrected chi connectivity index (χ2v) is 6.03. The Hall–Kier alpha value is -1.47. The van der Waals surface area contributed by atoms with E-state index >= 15 is 0 Å². The molecule has 1 heterocycles. The number of hydrogen-bond donors (Lipinski definition) is 1. The minimum Gasteiger partial charge on any atom is -0.492 e. The lowest BCUT2D eigenvalue weighted by atomic mass is 10.2. The van der Waals surface area contributed by atoms with E-state index in [2.05, 4.69) is 45.1 Å². The number of nitrogens with zero attached hydrogens (tertiary/aromatic N) is 3. The third-order valence-electron chi connectivity index (χ3n) is 2.93. The van der Waals surface area contributed by atoms with E-state index in [9.17, 15) is 0 Å². The van der Waals surface area contributed by atoms with Crippen molar-refractivity contribution in [2.24, 2.45) is 5.10 Å². The van der Waals surface area contributed by atoms with E-state index in [1.54, 1.807) is 10.9 Å². The van der Waals surface area contributed by atoms with Gasteiger partial charge in [0.2, 0.25) is 4.77 Å². The van der Waals surface area contributed by atoms with Crippen LogP contribution in [0.25, 0.3) is 0 Å². The van der Waals surface area contributed by atoms with Crippen LogP contribution in [0.2, 0.25) is 0 Å². The number of nitrogens with one attached hydrogen (secondary N) is 1. The lowest BCUT2D eigenvalue weighted by Gasteiger charge is -2.07. The normalized spacial score (nSPS) is 11.2. The first kappa shape index (κ1) is 16.9. The molecule has 118 valence electrons. The van der Waals surface area contributed by atoms with E-state index < -0.39 is 0 Å². The standard InChI is InChI=1S/C15H19BrN4OS/c1-3-5-14-18-19-15(22)20(14)17-10-11-6-7-13(12(16)9-11)21-8-4-2/h6-7,9-10H,3-5,8H2,1-2H3,(H,19,22)/b17-10-. The Balaban J connectivity index is 2.18. The van der Waals surface area contributed by atoms with Crippen LogP contribution < -0.4 is 4.74 Å². The van der Waals surface area contributed by atoms with Crippen LogP contribution in [0.5, 0.6) is 5.75 Å². The van der Waals surface area contributed by atoms with Crippen molar-refractivity contribution in [3.05, 3.63) is 38.8 Å². The molecule has 0 amide bonds. The Labute approximate surface area is 143 Å². The maximum absolute atomic E-state index is 5.63. The maximum atomic E-state index is 5.63. The summed E-state index contributed by atoms with van der Waals surface area (Å²) in [6.07, 6.45) is 4.57. The van der Waals surface area contributed by atoms with Gasteiger partial charge in [-0.3, -0.25) is 5.10 Å². The van der Waals surface area contributed by atoms with Gasteiger partial charge in [0, 0.05) is 6.42 Å². The van der Waals surface area contributed by atoms with Crippen molar-refractivity contribution in [1.29, 1.82) is 0 Å². The first-order valence-corrected chi connectivity index (χ1v) is 8.48. The highest BCUT2D eigenvalue weighted by atomic mass is 79.9. The van der Waals surface area contributed by atoms with Crippen LogP contribution in [0.1, 0.15) is 38.1 Å². The monoisotopic (exact) mass is 382 g/mol. The van der Waals surface area contributed by atoms with E-state index in [0.717, 1.165) is 40.9 Å². The quantitative estimate of drug-likeness (QED) is 0.572. The number of aromatic nitrogens is 3. The van der Waals surface area contributed by atoms with E-state index in [0.29, 0.717) is 11.4 Å². The molecule has 0 aliphatic heterocycles. The van der Waals surface area contributed by atoms with Crippen LogP contribution in [-0.2, 0) is 6.42 Å². The molecule has 0 atom stereocenters. The van der Waals surface area contributed by atoms with Gasteiger partial charge in [0.05, 0.1) is 17.3 Å². The van der Waals surface area contributed by atoms with Crippen molar-refractivity contribution in [3.8, 4) is 5.75 Å². The van der Waals surface area contributed by atoms with E-state index in [1.807, 2.05) is 18.2 Å². The van der Waals surface area contributed by atoms with Gasteiger partial charge in [-0.05, 0) is 64.8 Å². The zero-order chi connectivity index (χ0) is 15.9. The summed E-state index contributed by atoms with van der Waals surface area (Å²) in [7, 11) is 0. The first-order chi connectivity index (χ1) is 10.7. The van der Waals surface area contributed by atoms with Gasteiger partial charge in [-0.2, -0.15) is 14.9 Å². The molecule has 2 rings (SSSR count). The largest absolute Gasteiger partial charge is 0.492 e. The van der Waals surface area contributed by atoms with Crippen LogP contribution >= 0.6 is 28.1 Å². The van der Waals surface area contributed by atoms with Gasteiger partial charge in [-0.1, -0.05) is 13.8 Å². The average molecular weight is 383 g/mol. The Bertz CT molecular complexity index is 708. The fourth-order valence-electron chi connectivity index (χ4n) is 1.88. The minimum absolute atomic E-state index is 0.502. The summed E-state index contributed by atoms with van der Waals surface area (Å²) in [5.41, 5.74) is 0.960. The Morgan fingerprint density at radius 1 is 1.41 bits per heavy atom. The van der Waals surface area contributed by atoms with E-state index in [4.69, 9.17) is 17.0 Å². The van der Waals surface area contributed by atoms with Crippen LogP contribution in [0.15, 0.2) is 27.8 Å². The van der Waals surface area contributed by atoms with Crippen molar-refractivity contribution in [1.82, 2.24) is 14.9 Å². The molecular formula is C15H19BrN4OS. The number of ether oxygens (including phenoxy) is 1. The molecule has 0 aliphatic rings. The number of halogens is 1. The lowest BCUT2D eigenvalue weighted by molar-refractivity contribution is 0.315. The summed E-state index contributed by atoms with van der Waals surface area (Å²) in [4.78, 5) is 0. The highest BCUT2D eigenvalue weighted by molar-refractivity contribution is 9.10. The van der Waals surface area contributed by atoms with Crippen molar-refractivity contribution < 1.29 is 4.74 Å². The van der Waals surface area contributed by atoms with Crippen molar-refractivity contribution in [2.45, 2.75) is 33.1 Å². The second-order valence-electron chi connectivity index (χ2n) is 4.79. The fraction of sp³-hybridized carbons (Fsp3) is 0.400. The molecule has 0 spiro atoms. The highest BCUT2D eigenvalue weighted by Gasteiger charge is 2.04. The summed E-state index contributed by atoms with van der Waals surface area (Å²) in [6.45, 7) is 4.88. The van der Waals surface area contributed by atoms with Gasteiger partial charge in [-0.25, -0.2) is 0 Å². The number of aromatic amines is 1. The summed E-state index contributed by atoms with van der Waals surface area (Å²) in [5, 5.41) is 11.4. The van der Waals surface area contributed by atoms with E-state index in [-0.39, 0.29) is 0 Å². The molecule has 0 aliphatic carbocycles. The molecule has 1 aromatic carbocycles. The van der Waals surface area contributed by atoms with Gasteiger partial charge < -0.3 is 4.74 Å². The number of hydrogen-bond acceptors (Lipinski definition) is 4. The van der Waals surface area contributed by atoms with Crippen molar-refractivity contribution in [2.75, 3.05) is 6.61 Å².